The van der Waals surface area contributed by atoms with Gasteiger partial charge in [0.15, 0.2) is 5.65 Å². The largest absolute Gasteiger partial charge is 0.378 e. The van der Waals surface area contributed by atoms with E-state index >= 15 is 0 Å². The lowest BCUT2D eigenvalue weighted by Gasteiger charge is -2.30. The second-order valence-electron chi connectivity index (χ2n) is 9.39. The quantitative estimate of drug-likeness (QED) is 0.453. The number of rotatable bonds is 5. The van der Waals surface area contributed by atoms with E-state index in [9.17, 15) is 8.42 Å². The molecule has 0 spiro atoms. The highest BCUT2D eigenvalue weighted by Crippen LogP contribution is 2.34. The third-order valence-electron chi connectivity index (χ3n) is 7.10. The third kappa shape index (κ3) is 4.28. The van der Waals surface area contributed by atoms with Crippen molar-refractivity contribution in [2.45, 2.75) is 19.4 Å². The highest BCUT2D eigenvalue weighted by Gasteiger charge is 2.27. The van der Waals surface area contributed by atoms with Crippen molar-refractivity contribution in [1.82, 2.24) is 29.0 Å². The molecule has 0 bridgehead atoms. The molecule has 6 rings (SSSR count). The average molecular weight is 496 g/mol. The zero-order chi connectivity index (χ0) is 24.0. The number of nitrogens with one attached hydrogen (secondary N) is 1. The molecule has 1 aromatic carbocycles. The van der Waals surface area contributed by atoms with E-state index in [1.807, 2.05) is 23.1 Å². The number of morpholine rings is 1. The topological polar surface area (TPSA) is 109 Å². The minimum absolute atomic E-state index is 0.342. The standard InChI is InChI=1S/C24H29N7O3S/c1-35(32,33)30-9-6-17(7-10-30)16-31-23-20(15-26-31)22(19-3-2-4-21-18(19)5-8-25-21)27-24(28-23)29-11-13-34-14-12-29/h2-5,8,15,17,25H,6-7,9-14,16H2,1H3. The fourth-order valence-corrected chi connectivity index (χ4v) is 6.02. The predicted octanol–water partition coefficient (Wildman–Crippen LogP) is 2.48. The summed E-state index contributed by atoms with van der Waals surface area (Å²) in [5, 5.41) is 6.76. The number of ether oxygens (including phenoxy) is 1. The number of nitrogens with zero attached hydrogens (tertiary/aromatic N) is 6. The number of hydrogen-bond acceptors (Lipinski definition) is 7. The molecule has 184 valence electrons. The van der Waals surface area contributed by atoms with Crippen molar-refractivity contribution >= 4 is 37.9 Å². The minimum Gasteiger partial charge on any atom is -0.378 e. The molecule has 10 nitrogen and oxygen atoms in total. The van der Waals surface area contributed by atoms with Crippen LogP contribution in [0.1, 0.15) is 12.8 Å². The second kappa shape index (κ2) is 8.89. The summed E-state index contributed by atoms with van der Waals surface area (Å²) in [6.07, 6.45) is 6.72. The summed E-state index contributed by atoms with van der Waals surface area (Å²) < 4.78 is 32.9. The molecule has 0 radical (unpaired) electrons. The lowest BCUT2D eigenvalue weighted by atomic mass is 9.98. The molecule has 0 saturated carbocycles. The Bertz CT molecular complexity index is 1470. The first kappa shape index (κ1) is 22.4. The number of aromatic nitrogens is 5. The number of hydrogen-bond donors (Lipinski definition) is 1. The van der Waals surface area contributed by atoms with E-state index in [0.29, 0.717) is 44.7 Å². The predicted molar refractivity (Wildman–Crippen MR) is 135 cm³/mol. The summed E-state index contributed by atoms with van der Waals surface area (Å²) in [6, 6.07) is 8.27. The Kier molecular flexibility index (Phi) is 5.70. The SMILES string of the molecule is CS(=O)(=O)N1CCC(Cn2ncc3c(-c4cccc5[nH]ccc45)nc(N4CCOCC4)nc32)CC1. The Balaban J connectivity index is 1.40. The van der Waals surface area contributed by atoms with Gasteiger partial charge in [-0.05, 0) is 30.9 Å². The molecule has 1 N–H and O–H groups in total. The van der Waals surface area contributed by atoms with Crippen LogP contribution < -0.4 is 4.90 Å². The van der Waals surface area contributed by atoms with Gasteiger partial charge in [-0.2, -0.15) is 10.1 Å². The fourth-order valence-electron chi connectivity index (χ4n) is 5.15. The van der Waals surface area contributed by atoms with Crippen LogP contribution in [0, 0.1) is 5.92 Å². The third-order valence-corrected chi connectivity index (χ3v) is 8.41. The van der Waals surface area contributed by atoms with Crippen LogP contribution in [0.4, 0.5) is 5.95 Å². The van der Waals surface area contributed by atoms with Gasteiger partial charge in [-0.1, -0.05) is 12.1 Å². The van der Waals surface area contributed by atoms with E-state index in [4.69, 9.17) is 19.8 Å². The van der Waals surface area contributed by atoms with Gasteiger partial charge in [-0.25, -0.2) is 22.4 Å². The van der Waals surface area contributed by atoms with Crippen LogP contribution in [0.25, 0.3) is 33.2 Å². The first-order chi connectivity index (χ1) is 17.0. The van der Waals surface area contributed by atoms with Crippen molar-refractivity contribution < 1.29 is 13.2 Å². The lowest BCUT2D eigenvalue weighted by molar-refractivity contribution is 0.122. The fraction of sp³-hybridized carbons (Fsp3) is 0.458. The number of anilines is 1. The summed E-state index contributed by atoms with van der Waals surface area (Å²) in [7, 11) is -3.14. The van der Waals surface area contributed by atoms with Gasteiger partial charge in [0, 0.05) is 55.4 Å². The summed E-state index contributed by atoms with van der Waals surface area (Å²) in [6.45, 7) is 4.61. The normalized spacial score (nSPS) is 18.6. The van der Waals surface area contributed by atoms with Gasteiger partial charge >= 0.3 is 0 Å². The molecule has 0 atom stereocenters. The van der Waals surface area contributed by atoms with Crippen LogP contribution in [-0.2, 0) is 21.3 Å². The molecule has 2 aliphatic rings. The van der Waals surface area contributed by atoms with Crippen molar-refractivity contribution in [2.24, 2.45) is 5.92 Å². The molecule has 2 aliphatic heterocycles. The monoisotopic (exact) mass is 495 g/mol. The number of H-pyrrole nitrogens is 1. The van der Waals surface area contributed by atoms with Crippen LogP contribution in [0.5, 0.6) is 0 Å². The van der Waals surface area contributed by atoms with Crippen molar-refractivity contribution in [2.75, 3.05) is 50.5 Å². The smallest absolute Gasteiger partial charge is 0.228 e. The molecule has 4 aromatic rings. The van der Waals surface area contributed by atoms with Gasteiger partial charge in [0.2, 0.25) is 16.0 Å². The maximum atomic E-state index is 11.9. The number of piperidine rings is 1. The molecular weight excluding hydrogens is 466 g/mol. The molecule has 2 fully saturated rings. The van der Waals surface area contributed by atoms with E-state index in [-0.39, 0.29) is 0 Å². The van der Waals surface area contributed by atoms with Crippen molar-refractivity contribution in [3.05, 3.63) is 36.7 Å². The first-order valence-corrected chi connectivity index (χ1v) is 13.9. The van der Waals surface area contributed by atoms with Gasteiger partial charge in [0.1, 0.15) is 0 Å². The number of sulfonamides is 1. The minimum atomic E-state index is -3.14. The van der Waals surface area contributed by atoms with E-state index < -0.39 is 10.0 Å². The van der Waals surface area contributed by atoms with Crippen LogP contribution in [0.3, 0.4) is 0 Å². The first-order valence-electron chi connectivity index (χ1n) is 12.1. The van der Waals surface area contributed by atoms with Gasteiger partial charge in [-0.3, -0.25) is 0 Å². The maximum absolute atomic E-state index is 11.9. The lowest BCUT2D eigenvalue weighted by Crippen LogP contribution is -2.38. The molecule has 0 aliphatic carbocycles. The van der Waals surface area contributed by atoms with Gasteiger partial charge in [-0.15, -0.1) is 0 Å². The average Bonchev–Trinajstić information content (AvgIpc) is 3.51. The molecular formula is C24H29N7O3S. The Morgan fingerprint density at radius 3 is 2.63 bits per heavy atom. The molecule has 3 aromatic heterocycles. The highest BCUT2D eigenvalue weighted by molar-refractivity contribution is 7.88. The van der Waals surface area contributed by atoms with Crippen LogP contribution >= 0.6 is 0 Å². The molecule has 2 saturated heterocycles. The van der Waals surface area contributed by atoms with E-state index in [2.05, 4.69) is 28.1 Å². The summed E-state index contributed by atoms with van der Waals surface area (Å²) in [4.78, 5) is 15.5. The van der Waals surface area contributed by atoms with E-state index in [0.717, 1.165) is 59.1 Å². The van der Waals surface area contributed by atoms with Gasteiger partial charge in [0.25, 0.3) is 0 Å². The summed E-state index contributed by atoms with van der Waals surface area (Å²) in [5.74, 6) is 1.03. The molecule has 0 amide bonds. The summed E-state index contributed by atoms with van der Waals surface area (Å²) >= 11 is 0. The highest BCUT2D eigenvalue weighted by atomic mass is 32.2. The van der Waals surface area contributed by atoms with Gasteiger partial charge in [0.05, 0.1) is 36.7 Å². The van der Waals surface area contributed by atoms with Crippen LogP contribution in [-0.4, -0.2) is 83.1 Å². The number of aromatic amines is 1. The maximum Gasteiger partial charge on any atom is 0.228 e. The molecule has 35 heavy (non-hydrogen) atoms. The van der Waals surface area contributed by atoms with Crippen molar-refractivity contribution in [1.29, 1.82) is 0 Å². The van der Waals surface area contributed by atoms with E-state index in [1.165, 1.54) is 6.26 Å². The van der Waals surface area contributed by atoms with Crippen LogP contribution in [0.15, 0.2) is 36.7 Å². The summed E-state index contributed by atoms with van der Waals surface area (Å²) in [5.41, 5.74) is 3.80. The van der Waals surface area contributed by atoms with E-state index in [1.54, 1.807) is 4.31 Å². The molecule has 5 heterocycles. The Hall–Kier alpha value is -3.02. The van der Waals surface area contributed by atoms with Crippen LogP contribution in [0.2, 0.25) is 0 Å². The number of fused-ring (bicyclic) bond motifs is 2. The zero-order valence-electron chi connectivity index (χ0n) is 19.7. The Labute approximate surface area is 204 Å². The Morgan fingerprint density at radius 2 is 1.86 bits per heavy atom. The molecule has 0 unspecified atom stereocenters. The van der Waals surface area contributed by atoms with Crippen molar-refractivity contribution in [3.63, 3.8) is 0 Å². The number of benzene rings is 1. The Morgan fingerprint density at radius 1 is 1.06 bits per heavy atom. The zero-order valence-corrected chi connectivity index (χ0v) is 20.5. The second-order valence-corrected chi connectivity index (χ2v) is 11.4. The van der Waals surface area contributed by atoms with Crippen molar-refractivity contribution in [3.8, 4) is 11.3 Å². The molecule has 11 heteroatoms. The van der Waals surface area contributed by atoms with Gasteiger partial charge < -0.3 is 14.6 Å².